The Morgan fingerprint density at radius 3 is 2.42 bits per heavy atom. The smallest absolute Gasteiger partial charge is 0.315 e. The van der Waals surface area contributed by atoms with Gasteiger partial charge in [0.15, 0.2) is 0 Å². The van der Waals surface area contributed by atoms with Crippen molar-refractivity contribution in [2.24, 2.45) is 0 Å². The first kappa shape index (κ1) is 13.9. The monoisotopic (exact) mass is 260 g/mol. The molecule has 0 spiro atoms. The number of benzene rings is 1. The van der Waals surface area contributed by atoms with Crippen molar-refractivity contribution in [1.82, 2.24) is 10.6 Å². The number of urea groups is 1. The van der Waals surface area contributed by atoms with Gasteiger partial charge in [-0.2, -0.15) is 0 Å². The zero-order chi connectivity index (χ0) is 13.7. The summed E-state index contributed by atoms with van der Waals surface area (Å²) >= 11 is 0. The fraction of sp³-hybridized carbons (Fsp3) is 0.562. The van der Waals surface area contributed by atoms with E-state index in [0.29, 0.717) is 18.5 Å². The number of carbonyl (C=O) groups is 1. The van der Waals surface area contributed by atoms with Gasteiger partial charge in [-0.1, -0.05) is 51.0 Å². The molecule has 2 amide bonds. The maximum Gasteiger partial charge on any atom is 0.315 e. The Balaban J connectivity index is 1.76. The molecule has 2 rings (SSSR count). The maximum atomic E-state index is 11.7. The average Bonchev–Trinajstić information content (AvgIpc) is 2.89. The van der Waals surface area contributed by atoms with Crippen molar-refractivity contribution in [2.45, 2.75) is 58.0 Å². The summed E-state index contributed by atoms with van der Waals surface area (Å²) in [4.78, 5) is 11.7. The largest absolute Gasteiger partial charge is 0.335 e. The highest BCUT2D eigenvalue weighted by Crippen LogP contribution is 2.17. The fourth-order valence-corrected chi connectivity index (χ4v) is 2.51. The summed E-state index contributed by atoms with van der Waals surface area (Å²) in [5, 5.41) is 5.95. The number of rotatable bonds is 4. The lowest BCUT2D eigenvalue weighted by molar-refractivity contribution is 0.236. The van der Waals surface area contributed by atoms with E-state index in [1.165, 1.54) is 18.4 Å². The van der Waals surface area contributed by atoms with Crippen molar-refractivity contribution in [3.63, 3.8) is 0 Å². The average molecular weight is 260 g/mol. The van der Waals surface area contributed by atoms with Crippen LogP contribution in [0.5, 0.6) is 0 Å². The normalized spacial score (nSPS) is 15.7. The number of hydrogen-bond acceptors (Lipinski definition) is 1. The van der Waals surface area contributed by atoms with Gasteiger partial charge in [0.05, 0.1) is 0 Å². The molecule has 0 aromatic heterocycles. The fourth-order valence-electron chi connectivity index (χ4n) is 2.51. The summed E-state index contributed by atoms with van der Waals surface area (Å²) in [6, 6.07) is 8.78. The highest BCUT2D eigenvalue weighted by molar-refractivity contribution is 5.74. The second-order valence-electron chi connectivity index (χ2n) is 5.70. The first-order chi connectivity index (χ1) is 9.15. The lowest BCUT2D eigenvalue weighted by atomic mass is 10.0. The Bertz CT molecular complexity index is 405. The molecule has 1 fully saturated rings. The SMILES string of the molecule is CC(C)c1ccc(CNC(=O)NC2CCCC2)cc1. The van der Waals surface area contributed by atoms with E-state index < -0.39 is 0 Å². The van der Waals surface area contributed by atoms with Gasteiger partial charge in [0.25, 0.3) is 0 Å². The zero-order valence-electron chi connectivity index (χ0n) is 11.9. The Morgan fingerprint density at radius 1 is 1.21 bits per heavy atom. The van der Waals surface area contributed by atoms with Gasteiger partial charge in [-0.3, -0.25) is 0 Å². The molecule has 19 heavy (non-hydrogen) atoms. The topological polar surface area (TPSA) is 41.1 Å². The van der Waals surface area contributed by atoms with Crippen LogP contribution in [0.3, 0.4) is 0 Å². The van der Waals surface area contributed by atoms with Crippen molar-refractivity contribution >= 4 is 6.03 Å². The summed E-state index contributed by atoms with van der Waals surface area (Å²) in [6.45, 7) is 4.96. The predicted octanol–water partition coefficient (Wildman–Crippen LogP) is 3.55. The predicted molar refractivity (Wildman–Crippen MR) is 78.2 cm³/mol. The van der Waals surface area contributed by atoms with Crippen LogP contribution in [0.25, 0.3) is 0 Å². The Hall–Kier alpha value is -1.51. The van der Waals surface area contributed by atoms with Gasteiger partial charge in [-0.15, -0.1) is 0 Å². The van der Waals surface area contributed by atoms with Crippen molar-refractivity contribution in [2.75, 3.05) is 0 Å². The van der Waals surface area contributed by atoms with E-state index in [1.54, 1.807) is 0 Å². The third kappa shape index (κ3) is 4.27. The quantitative estimate of drug-likeness (QED) is 0.854. The maximum absolute atomic E-state index is 11.7. The van der Waals surface area contributed by atoms with Gasteiger partial charge in [0, 0.05) is 12.6 Å². The summed E-state index contributed by atoms with van der Waals surface area (Å²) < 4.78 is 0. The van der Waals surface area contributed by atoms with E-state index in [1.807, 2.05) is 0 Å². The van der Waals surface area contributed by atoms with Crippen LogP contribution in [-0.2, 0) is 6.54 Å². The van der Waals surface area contributed by atoms with Crippen LogP contribution in [0, 0.1) is 0 Å². The van der Waals surface area contributed by atoms with Gasteiger partial charge in [-0.05, 0) is 29.9 Å². The zero-order valence-corrected chi connectivity index (χ0v) is 11.9. The van der Waals surface area contributed by atoms with Crippen LogP contribution in [0.15, 0.2) is 24.3 Å². The van der Waals surface area contributed by atoms with Gasteiger partial charge in [0.2, 0.25) is 0 Å². The Morgan fingerprint density at radius 2 is 1.84 bits per heavy atom. The second kappa shape index (κ2) is 6.60. The molecule has 1 aliphatic carbocycles. The molecule has 0 atom stereocenters. The van der Waals surface area contributed by atoms with Gasteiger partial charge >= 0.3 is 6.03 Å². The summed E-state index contributed by atoms with van der Waals surface area (Å²) in [6.07, 6.45) is 4.72. The minimum atomic E-state index is -0.0418. The number of carbonyl (C=O) groups excluding carboxylic acids is 1. The van der Waals surface area contributed by atoms with E-state index in [2.05, 4.69) is 48.7 Å². The molecule has 0 radical (unpaired) electrons. The van der Waals surface area contributed by atoms with E-state index in [4.69, 9.17) is 0 Å². The standard InChI is InChI=1S/C16H24N2O/c1-12(2)14-9-7-13(8-10-14)11-17-16(19)18-15-5-3-4-6-15/h7-10,12,15H,3-6,11H2,1-2H3,(H2,17,18,19). The molecule has 0 heterocycles. The Kier molecular flexibility index (Phi) is 4.83. The van der Waals surface area contributed by atoms with E-state index in [9.17, 15) is 4.79 Å². The van der Waals surface area contributed by atoms with Gasteiger partial charge in [0.1, 0.15) is 0 Å². The highest BCUT2D eigenvalue weighted by Gasteiger charge is 2.16. The van der Waals surface area contributed by atoms with E-state index in [0.717, 1.165) is 18.4 Å². The number of nitrogens with one attached hydrogen (secondary N) is 2. The van der Waals surface area contributed by atoms with Crippen LogP contribution in [0.2, 0.25) is 0 Å². The molecule has 1 aromatic carbocycles. The molecule has 0 unspecified atom stereocenters. The second-order valence-corrected chi connectivity index (χ2v) is 5.70. The minimum Gasteiger partial charge on any atom is -0.335 e. The molecule has 2 N–H and O–H groups in total. The third-order valence-corrected chi connectivity index (χ3v) is 3.79. The van der Waals surface area contributed by atoms with Crippen molar-refractivity contribution < 1.29 is 4.79 Å². The highest BCUT2D eigenvalue weighted by atomic mass is 16.2. The third-order valence-electron chi connectivity index (χ3n) is 3.79. The molecule has 3 heteroatoms. The van der Waals surface area contributed by atoms with Crippen molar-refractivity contribution in [3.05, 3.63) is 35.4 Å². The summed E-state index contributed by atoms with van der Waals surface area (Å²) in [5.74, 6) is 0.549. The molecule has 1 aliphatic rings. The lowest BCUT2D eigenvalue weighted by Gasteiger charge is -2.13. The first-order valence-electron chi connectivity index (χ1n) is 7.28. The Labute approximate surface area is 115 Å². The molecular formula is C16H24N2O. The molecule has 104 valence electrons. The van der Waals surface area contributed by atoms with Crippen LogP contribution >= 0.6 is 0 Å². The van der Waals surface area contributed by atoms with E-state index in [-0.39, 0.29) is 6.03 Å². The summed E-state index contributed by atoms with van der Waals surface area (Å²) in [7, 11) is 0. The van der Waals surface area contributed by atoms with Gasteiger partial charge in [-0.25, -0.2) is 4.79 Å². The summed E-state index contributed by atoms with van der Waals surface area (Å²) in [5.41, 5.74) is 2.48. The molecule has 1 saturated carbocycles. The molecule has 1 aromatic rings. The number of amides is 2. The van der Waals surface area contributed by atoms with Crippen molar-refractivity contribution in [3.8, 4) is 0 Å². The van der Waals surface area contributed by atoms with Crippen LogP contribution in [0.1, 0.15) is 56.6 Å². The molecular weight excluding hydrogens is 236 g/mol. The number of hydrogen-bond donors (Lipinski definition) is 2. The lowest BCUT2D eigenvalue weighted by Crippen LogP contribution is -2.40. The molecule has 3 nitrogen and oxygen atoms in total. The molecule has 0 bridgehead atoms. The molecule has 0 saturated heterocycles. The van der Waals surface area contributed by atoms with Gasteiger partial charge < -0.3 is 10.6 Å². The van der Waals surface area contributed by atoms with Crippen LogP contribution in [0.4, 0.5) is 4.79 Å². The molecule has 0 aliphatic heterocycles. The van der Waals surface area contributed by atoms with E-state index >= 15 is 0 Å². The first-order valence-corrected chi connectivity index (χ1v) is 7.28. The van der Waals surface area contributed by atoms with Crippen molar-refractivity contribution in [1.29, 1.82) is 0 Å². The van der Waals surface area contributed by atoms with Crippen LogP contribution in [-0.4, -0.2) is 12.1 Å². The van der Waals surface area contributed by atoms with Crippen LogP contribution < -0.4 is 10.6 Å². The minimum absolute atomic E-state index is 0.0418.